The van der Waals surface area contributed by atoms with Crippen LogP contribution in [0.1, 0.15) is 36.1 Å². The van der Waals surface area contributed by atoms with Gasteiger partial charge in [-0.1, -0.05) is 30.7 Å². The van der Waals surface area contributed by atoms with E-state index in [0.717, 1.165) is 6.42 Å². The third kappa shape index (κ3) is 3.57. The number of nitrogens with zero attached hydrogens (tertiary/aromatic N) is 1. The number of methoxy groups -OCH3 is 1. The van der Waals surface area contributed by atoms with Crippen molar-refractivity contribution in [2.75, 3.05) is 21.2 Å². The molecular weight excluding hydrogens is 238 g/mol. The van der Waals surface area contributed by atoms with Crippen LogP contribution in [-0.4, -0.2) is 32.1 Å². The quantitative estimate of drug-likeness (QED) is 0.764. The zero-order valence-electron chi connectivity index (χ0n) is 12.9. The van der Waals surface area contributed by atoms with Crippen LogP contribution in [0, 0.1) is 19.8 Å². The van der Waals surface area contributed by atoms with Crippen LogP contribution < -0.4 is 0 Å². The molecule has 0 aliphatic rings. The molecule has 1 aromatic carbocycles. The van der Waals surface area contributed by atoms with Crippen LogP contribution in [0.4, 0.5) is 0 Å². The molecule has 0 N–H and O–H groups in total. The summed E-state index contributed by atoms with van der Waals surface area (Å²) in [4.78, 5) is 14.1. The molecule has 0 aromatic heterocycles. The lowest BCUT2D eigenvalue weighted by atomic mass is 9.87. The number of benzene rings is 1. The van der Waals surface area contributed by atoms with Crippen molar-refractivity contribution < 1.29 is 9.53 Å². The number of aryl methyl sites for hydroxylation is 2. The minimum Gasteiger partial charge on any atom is -0.469 e. The second-order valence-electron chi connectivity index (χ2n) is 5.31. The zero-order valence-corrected chi connectivity index (χ0v) is 12.9. The standard InChI is InChI=1S/C16H25NO2/c1-7-13(16(18)19-6)15(17(4)5)14-10-11(2)8-9-12(14)3/h8-10,13,15H,7H2,1-6H3. The third-order valence-electron chi connectivity index (χ3n) is 3.63. The van der Waals surface area contributed by atoms with Gasteiger partial charge < -0.3 is 9.64 Å². The maximum Gasteiger partial charge on any atom is 0.310 e. The second-order valence-corrected chi connectivity index (χ2v) is 5.31. The Bertz CT molecular complexity index is 440. The summed E-state index contributed by atoms with van der Waals surface area (Å²) in [6.45, 7) is 6.20. The molecule has 3 nitrogen and oxygen atoms in total. The SMILES string of the molecule is CCC(C(=O)OC)C(c1cc(C)ccc1C)N(C)C. The van der Waals surface area contributed by atoms with Gasteiger partial charge in [0.25, 0.3) is 0 Å². The molecule has 0 heterocycles. The monoisotopic (exact) mass is 263 g/mol. The molecule has 3 heteroatoms. The average Bonchev–Trinajstić information content (AvgIpc) is 2.37. The summed E-state index contributed by atoms with van der Waals surface area (Å²) in [6.07, 6.45) is 0.767. The number of esters is 1. The normalized spacial score (nSPS) is 14.3. The van der Waals surface area contributed by atoms with E-state index in [1.54, 1.807) is 0 Å². The molecule has 0 spiro atoms. The first-order chi connectivity index (χ1) is 8.92. The fourth-order valence-electron chi connectivity index (χ4n) is 2.60. The van der Waals surface area contributed by atoms with Crippen LogP contribution in [0.2, 0.25) is 0 Å². The molecule has 0 aliphatic carbocycles. The van der Waals surface area contributed by atoms with Crippen LogP contribution >= 0.6 is 0 Å². The van der Waals surface area contributed by atoms with E-state index in [9.17, 15) is 4.79 Å². The van der Waals surface area contributed by atoms with E-state index in [1.165, 1.54) is 23.8 Å². The summed E-state index contributed by atoms with van der Waals surface area (Å²) in [5.41, 5.74) is 3.64. The van der Waals surface area contributed by atoms with E-state index in [4.69, 9.17) is 4.74 Å². The molecule has 19 heavy (non-hydrogen) atoms. The summed E-state index contributed by atoms with van der Waals surface area (Å²) in [5.74, 6) is -0.275. The van der Waals surface area contributed by atoms with Gasteiger partial charge in [-0.2, -0.15) is 0 Å². The highest BCUT2D eigenvalue weighted by molar-refractivity contribution is 5.73. The minimum atomic E-state index is -0.138. The van der Waals surface area contributed by atoms with E-state index in [-0.39, 0.29) is 17.9 Å². The Labute approximate surface area is 116 Å². The summed E-state index contributed by atoms with van der Waals surface area (Å²) in [5, 5.41) is 0. The summed E-state index contributed by atoms with van der Waals surface area (Å²) in [6, 6.07) is 6.44. The maximum atomic E-state index is 12.0. The van der Waals surface area contributed by atoms with Crippen LogP contribution in [-0.2, 0) is 9.53 Å². The molecular formula is C16H25NO2. The lowest BCUT2D eigenvalue weighted by molar-refractivity contribution is -0.148. The van der Waals surface area contributed by atoms with Gasteiger partial charge in [-0.3, -0.25) is 4.79 Å². The lowest BCUT2D eigenvalue weighted by Crippen LogP contribution is -2.33. The summed E-state index contributed by atoms with van der Waals surface area (Å²) >= 11 is 0. The van der Waals surface area contributed by atoms with Crippen molar-refractivity contribution in [3.8, 4) is 0 Å². The van der Waals surface area contributed by atoms with Gasteiger partial charge in [0.1, 0.15) is 0 Å². The molecule has 2 unspecified atom stereocenters. The average molecular weight is 263 g/mol. The molecule has 0 saturated carbocycles. The van der Waals surface area contributed by atoms with Gasteiger partial charge in [0, 0.05) is 6.04 Å². The molecule has 0 aliphatic heterocycles. The first-order valence-corrected chi connectivity index (χ1v) is 6.73. The van der Waals surface area contributed by atoms with Crippen LogP contribution in [0.25, 0.3) is 0 Å². The summed E-state index contributed by atoms with van der Waals surface area (Å²) in [7, 11) is 5.48. The van der Waals surface area contributed by atoms with Crippen molar-refractivity contribution in [1.29, 1.82) is 0 Å². The summed E-state index contributed by atoms with van der Waals surface area (Å²) < 4.78 is 4.96. The number of hydrogen-bond donors (Lipinski definition) is 0. The van der Waals surface area contributed by atoms with E-state index in [1.807, 2.05) is 21.0 Å². The molecule has 0 amide bonds. The van der Waals surface area contributed by atoms with Gasteiger partial charge in [-0.05, 0) is 45.5 Å². The van der Waals surface area contributed by atoms with Crippen molar-refractivity contribution in [3.05, 3.63) is 34.9 Å². The van der Waals surface area contributed by atoms with Crippen molar-refractivity contribution in [3.63, 3.8) is 0 Å². The van der Waals surface area contributed by atoms with Crippen molar-refractivity contribution in [1.82, 2.24) is 4.90 Å². The Kier molecular flexibility index (Phi) is 5.55. The van der Waals surface area contributed by atoms with Gasteiger partial charge in [-0.25, -0.2) is 0 Å². The first-order valence-electron chi connectivity index (χ1n) is 6.73. The molecule has 0 saturated heterocycles. The van der Waals surface area contributed by atoms with Crippen LogP contribution in [0.15, 0.2) is 18.2 Å². The van der Waals surface area contributed by atoms with Crippen molar-refractivity contribution >= 4 is 5.97 Å². The largest absolute Gasteiger partial charge is 0.469 e. The molecule has 0 radical (unpaired) electrons. The Balaban J connectivity index is 3.26. The van der Waals surface area contributed by atoms with Crippen molar-refractivity contribution in [2.24, 2.45) is 5.92 Å². The highest BCUT2D eigenvalue weighted by atomic mass is 16.5. The number of carbonyl (C=O) groups excluding carboxylic acids is 1. The van der Waals surface area contributed by atoms with Gasteiger partial charge in [0.2, 0.25) is 0 Å². The molecule has 0 bridgehead atoms. The molecule has 0 fully saturated rings. The van der Waals surface area contributed by atoms with Gasteiger partial charge in [-0.15, -0.1) is 0 Å². The van der Waals surface area contributed by atoms with Crippen molar-refractivity contribution in [2.45, 2.75) is 33.2 Å². The molecule has 106 valence electrons. The van der Waals surface area contributed by atoms with Gasteiger partial charge >= 0.3 is 5.97 Å². The number of hydrogen-bond acceptors (Lipinski definition) is 3. The number of rotatable bonds is 5. The van der Waals surface area contributed by atoms with Crippen LogP contribution in [0.3, 0.4) is 0 Å². The Morgan fingerprint density at radius 1 is 1.32 bits per heavy atom. The van der Waals surface area contributed by atoms with Crippen LogP contribution in [0.5, 0.6) is 0 Å². The Morgan fingerprint density at radius 3 is 2.42 bits per heavy atom. The van der Waals surface area contributed by atoms with Gasteiger partial charge in [0.05, 0.1) is 13.0 Å². The second kappa shape index (κ2) is 6.71. The van der Waals surface area contributed by atoms with Gasteiger partial charge in [0.15, 0.2) is 0 Å². The van der Waals surface area contributed by atoms with E-state index in [2.05, 4.69) is 36.9 Å². The predicted octanol–water partition coefficient (Wildman–Crippen LogP) is 3.11. The zero-order chi connectivity index (χ0) is 14.6. The lowest BCUT2D eigenvalue weighted by Gasteiger charge is -2.32. The maximum absolute atomic E-state index is 12.0. The van der Waals surface area contributed by atoms with E-state index < -0.39 is 0 Å². The third-order valence-corrected chi connectivity index (χ3v) is 3.63. The first kappa shape index (κ1) is 15.7. The highest BCUT2D eigenvalue weighted by Crippen LogP contribution is 2.32. The fraction of sp³-hybridized carbons (Fsp3) is 0.562. The Morgan fingerprint density at radius 2 is 1.95 bits per heavy atom. The fourth-order valence-corrected chi connectivity index (χ4v) is 2.60. The predicted molar refractivity (Wildman–Crippen MR) is 78.1 cm³/mol. The Hall–Kier alpha value is -1.35. The number of carbonyl (C=O) groups is 1. The highest BCUT2D eigenvalue weighted by Gasteiger charge is 2.31. The number of ether oxygens (including phenoxy) is 1. The minimum absolute atomic E-state index is 0.0531. The molecule has 2 atom stereocenters. The smallest absolute Gasteiger partial charge is 0.310 e. The van der Waals surface area contributed by atoms with E-state index in [0.29, 0.717) is 0 Å². The van der Waals surface area contributed by atoms with E-state index >= 15 is 0 Å². The topological polar surface area (TPSA) is 29.5 Å². The molecule has 1 aromatic rings. The molecule has 1 rings (SSSR count).